The molecule has 3 heteroatoms. The van der Waals surface area contributed by atoms with Gasteiger partial charge in [-0.3, -0.25) is 0 Å². The maximum atomic E-state index is 5.92. The molecule has 0 radical (unpaired) electrons. The van der Waals surface area contributed by atoms with Crippen LogP contribution in [0.2, 0.25) is 0 Å². The van der Waals surface area contributed by atoms with Gasteiger partial charge in [0.2, 0.25) is 0 Å². The second-order valence-corrected chi connectivity index (χ2v) is 4.42. The molecule has 3 nitrogen and oxygen atoms in total. The first-order valence-electron chi connectivity index (χ1n) is 5.69. The van der Waals surface area contributed by atoms with E-state index in [-0.39, 0.29) is 0 Å². The van der Waals surface area contributed by atoms with Crippen LogP contribution in [0.25, 0.3) is 0 Å². The van der Waals surface area contributed by atoms with Crippen LogP contribution in [-0.4, -0.2) is 38.3 Å². The molecule has 1 aliphatic rings. The summed E-state index contributed by atoms with van der Waals surface area (Å²) in [5.74, 6) is 1.80. The van der Waals surface area contributed by atoms with Gasteiger partial charge in [-0.05, 0) is 32.0 Å². The minimum absolute atomic E-state index is 0.317. The van der Waals surface area contributed by atoms with Gasteiger partial charge in [0.15, 0.2) is 0 Å². The molecule has 0 bridgehead atoms. The molecule has 0 amide bonds. The van der Waals surface area contributed by atoms with Gasteiger partial charge in [-0.2, -0.15) is 0 Å². The molecule has 0 N–H and O–H groups in total. The second-order valence-electron chi connectivity index (χ2n) is 4.42. The maximum absolute atomic E-state index is 5.92. The van der Waals surface area contributed by atoms with Gasteiger partial charge in [-0.1, -0.05) is 6.07 Å². The van der Waals surface area contributed by atoms with Crippen molar-refractivity contribution in [3.05, 3.63) is 23.8 Å². The Bertz CT molecular complexity index is 365. The summed E-state index contributed by atoms with van der Waals surface area (Å²) in [4.78, 5) is 2.29. The van der Waals surface area contributed by atoms with Gasteiger partial charge in [-0.25, -0.2) is 0 Å². The molecule has 1 aliphatic heterocycles. The van der Waals surface area contributed by atoms with E-state index < -0.39 is 0 Å². The minimum atomic E-state index is 0.317. The van der Waals surface area contributed by atoms with Crippen molar-refractivity contribution in [2.24, 2.45) is 0 Å². The zero-order valence-electron chi connectivity index (χ0n) is 10.2. The molecule has 16 heavy (non-hydrogen) atoms. The third kappa shape index (κ3) is 2.47. The molecule has 1 atom stereocenters. The Kier molecular flexibility index (Phi) is 3.34. The molecule has 1 aromatic rings. The standard InChI is InChI=1S/C13H19NO2/c1-10-4-5-11(8-13(10)15-3)16-12-6-7-14(2)9-12/h4-5,8,12H,6-7,9H2,1-3H3. The predicted molar refractivity (Wildman–Crippen MR) is 64.3 cm³/mol. The first kappa shape index (κ1) is 11.3. The summed E-state index contributed by atoms with van der Waals surface area (Å²) in [6.07, 6.45) is 1.42. The summed E-state index contributed by atoms with van der Waals surface area (Å²) in [6.45, 7) is 4.16. The van der Waals surface area contributed by atoms with E-state index >= 15 is 0 Å². The van der Waals surface area contributed by atoms with E-state index in [4.69, 9.17) is 9.47 Å². The summed E-state index contributed by atoms with van der Waals surface area (Å²) in [5, 5.41) is 0. The van der Waals surface area contributed by atoms with Crippen LogP contribution in [-0.2, 0) is 0 Å². The molecule has 2 rings (SSSR count). The lowest BCUT2D eigenvalue weighted by molar-refractivity contribution is 0.207. The molecular weight excluding hydrogens is 202 g/mol. The lowest BCUT2D eigenvalue weighted by Crippen LogP contribution is -2.21. The third-order valence-electron chi connectivity index (χ3n) is 3.03. The zero-order chi connectivity index (χ0) is 11.5. The summed E-state index contributed by atoms with van der Waals surface area (Å²) in [5.41, 5.74) is 1.14. The fourth-order valence-electron chi connectivity index (χ4n) is 2.06. The molecule has 1 heterocycles. The minimum Gasteiger partial charge on any atom is -0.496 e. The van der Waals surface area contributed by atoms with Crippen molar-refractivity contribution in [3.63, 3.8) is 0 Å². The smallest absolute Gasteiger partial charge is 0.125 e. The highest BCUT2D eigenvalue weighted by atomic mass is 16.5. The fraction of sp³-hybridized carbons (Fsp3) is 0.538. The molecule has 1 fully saturated rings. The van der Waals surface area contributed by atoms with Crippen LogP contribution in [0.5, 0.6) is 11.5 Å². The highest BCUT2D eigenvalue weighted by Gasteiger charge is 2.20. The Morgan fingerprint density at radius 3 is 2.81 bits per heavy atom. The molecular formula is C13H19NO2. The van der Waals surface area contributed by atoms with Crippen LogP contribution < -0.4 is 9.47 Å². The molecule has 0 aromatic heterocycles. The predicted octanol–water partition coefficient (Wildman–Crippen LogP) is 2.09. The number of hydrogen-bond acceptors (Lipinski definition) is 3. The van der Waals surface area contributed by atoms with E-state index in [1.165, 1.54) is 0 Å². The van der Waals surface area contributed by atoms with E-state index in [0.29, 0.717) is 6.10 Å². The Balaban J connectivity index is 2.04. The number of benzene rings is 1. The number of likely N-dealkylation sites (N-methyl/N-ethyl adjacent to an activating group) is 1. The number of nitrogens with zero attached hydrogens (tertiary/aromatic N) is 1. The normalized spacial score (nSPS) is 21.1. The largest absolute Gasteiger partial charge is 0.496 e. The SMILES string of the molecule is COc1cc(OC2CCN(C)C2)ccc1C. The molecule has 88 valence electrons. The van der Waals surface area contributed by atoms with Gasteiger partial charge in [-0.15, -0.1) is 0 Å². The first-order chi connectivity index (χ1) is 7.69. The Labute approximate surface area is 97.0 Å². The van der Waals surface area contributed by atoms with Crippen molar-refractivity contribution in [2.45, 2.75) is 19.4 Å². The van der Waals surface area contributed by atoms with Crippen LogP contribution in [0.15, 0.2) is 18.2 Å². The number of methoxy groups -OCH3 is 1. The number of aryl methyl sites for hydroxylation is 1. The van der Waals surface area contributed by atoms with Crippen molar-refractivity contribution in [3.8, 4) is 11.5 Å². The molecule has 0 saturated carbocycles. The molecule has 1 saturated heterocycles. The summed E-state index contributed by atoms with van der Waals surface area (Å²) in [6, 6.07) is 6.01. The lowest BCUT2D eigenvalue weighted by atomic mass is 10.2. The topological polar surface area (TPSA) is 21.7 Å². The van der Waals surface area contributed by atoms with Crippen molar-refractivity contribution < 1.29 is 9.47 Å². The molecule has 1 unspecified atom stereocenters. The van der Waals surface area contributed by atoms with Crippen molar-refractivity contribution in [1.29, 1.82) is 0 Å². The van der Waals surface area contributed by atoms with Gasteiger partial charge in [0.1, 0.15) is 17.6 Å². The highest BCUT2D eigenvalue weighted by Crippen LogP contribution is 2.25. The Morgan fingerprint density at radius 2 is 2.19 bits per heavy atom. The van der Waals surface area contributed by atoms with Gasteiger partial charge in [0.25, 0.3) is 0 Å². The summed E-state index contributed by atoms with van der Waals surface area (Å²) < 4.78 is 11.2. The molecule has 1 aromatic carbocycles. The van der Waals surface area contributed by atoms with Crippen LogP contribution in [0, 0.1) is 6.92 Å². The van der Waals surface area contributed by atoms with Gasteiger partial charge in [0, 0.05) is 19.2 Å². The van der Waals surface area contributed by atoms with E-state index in [0.717, 1.165) is 36.6 Å². The Hall–Kier alpha value is -1.22. The summed E-state index contributed by atoms with van der Waals surface area (Å²) in [7, 11) is 3.81. The van der Waals surface area contributed by atoms with Crippen LogP contribution in [0.1, 0.15) is 12.0 Å². The Morgan fingerprint density at radius 1 is 1.38 bits per heavy atom. The first-order valence-corrected chi connectivity index (χ1v) is 5.69. The molecule has 0 spiro atoms. The molecule has 0 aliphatic carbocycles. The van der Waals surface area contributed by atoms with Crippen LogP contribution in [0.3, 0.4) is 0 Å². The lowest BCUT2D eigenvalue weighted by Gasteiger charge is -2.15. The fourth-order valence-corrected chi connectivity index (χ4v) is 2.06. The van der Waals surface area contributed by atoms with E-state index in [2.05, 4.69) is 11.9 Å². The number of hydrogen-bond donors (Lipinski definition) is 0. The maximum Gasteiger partial charge on any atom is 0.125 e. The average Bonchev–Trinajstić information content (AvgIpc) is 2.67. The number of likely N-dealkylation sites (tertiary alicyclic amines) is 1. The number of ether oxygens (including phenoxy) is 2. The number of rotatable bonds is 3. The van der Waals surface area contributed by atoms with E-state index in [1.54, 1.807) is 7.11 Å². The monoisotopic (exact) mass is 221 g/mol. The van der Waals surface area contributed by atoms with Crippen LogP contribution in [0.4, 0.5) is 0 Å². The van der Waals surface area contributed by atoms with Crippen molar-refractivity contribution in [2.75, 3.05) is 27.2 Å². The van der Waals surface area contributed by atoms with Gasteiger partial charge < -0.3 is 14.4 Å². The van der Waals surface area contributed by atoms with E-state index in [9.17, 15) is 0 Å². The average molecular weight is 221 g/mol. The van der Waals surface area contributed by atoms with Gasteiger partial charge >= 0.3 is 0 Å². The zero-order valence-corrected chi connectivity index (χ0v) is 10.2. The quantitative estimate of drug-likeness (QED) is 0.780. The second kappa shape index (κ2) is 4.74. The van der Waals surface area contributed by atoms with Crippen LogP contribution >= 0.6 is 0 Å². The van der Waals surface area contributed by atoms with Crippen molar-refractivity contribution in [1.82, 2.24) is 4.90 Å². The summed E-state index contributed by atoms with van der Waals surface area (Å²) >= 11 is 0. The van der Waals surface area contributed by atoms with Gasteiger partial charge in [0.05, 0.1) is 7.11 Å². The third-order valence-corrected chi connectivity index (χ3v) is 3.03. The highest BCUT2D eigenvalue weighted by molar-refractivity contribution is 5.39. The van der Waals surface area contributed by atoms with E-state index in [1.807, 2.05) is 25.1 Å². The van der Waals surface area contributed by atoms with Crippen molar-refractivity contribution >= 4 is 0 Å².